The first kappa shape index (κ1) is 19.5. The van der Waals surface area contributed by atoms with Crippen LogP contribution in [0.2, 0.25) is 0 Å². The Hall–Kier alpha value is -3.28. The molecule has 0 radical (unpaired) electrons. The molecule has 28 heavy (non-hydrogen) atoms. The average Bonchev–Trinajstić information content (AvgIpc) is 2.72. The van der Waals surface area contributed by atoms with Crippen molar-refractivity contribution in [1.82, 2.24) is 15.2 Å². The van der Waals surface area contributed by atoms with E-state index in [0.29, 0.717) is 18.1 Å². The molecule has 1 amide bonds. The number of carbonyl (C=O) groups excluding carboxylic acids is 1. The highest BCUT2D eigenvalue weighted by Crippen LogP contribution is 2.14. The molecule has 0 aliphatic heterocycles. The number of nitrogens with one attached hydrogen (secondary N) is 2. The number of nitrogens with zero attached hydrogens (tertiary/aromatic N) is 3. The second kappa shape index (κ2) is 9.08. The summed E-state index contributed by atoms with van der Waals surface area (Å²) in [6.45, 7) is 6.66. The predicted molar refractivity (Wildman–Crippen MR) is 111 cm³/mol. The van der Waals surface area contributed by atoms with Gasteiger partial charge in [-0.2, -0.15) is 5.10 Å². The molecule has 6 nitrogen and oxygen atoms in total. The van der Waals surface area contributed by atoms with Crippen molar-refractivity contribution in [3.05, 3.63) is 76.6 Å². The topological polar surface area (TPSA) is 79.8 Å². The van der Waals surface area contributed by atoms with Crippen LogP contribution in [0.1, 0.15) is 46.7 Å². The Balaban J connectivity index is 1.65. The first-order valence-corrected chi connectivity index (χ1v) is 9.52. The molecule has 6 heteroatoms. The van der Waals surface area contributed by atoms with E-state index in [2.05, 4.69) is 32.7 Å². The zero-order chi connectivity index (χ0) is 19.9. The largest absolute Gasteiger partial charge is 0.349 e. The number of rotatable bonds is 7. The van der Waals surface area contributed by atoms with Crippen molar-refractivity contribution in [2.75, 3.05) is 10.6 Å². The van der Waals surface area contributed by atoms with Gasteiger partial charge in [-0.05, 0) is 49.6 Å². The summed E-state index contributed by atoms with van der Waals surface area (Å²) in [6.07, 6.45) is 1.65. The maximum Gasteiger partial charge on any atom is 0.255 e. The van der Waals surface area contributed by atoms with Gasteiger partial charge in [0, 0.05) is 17.8 Å². The Bertz CT molecular complexity index is 953. The molecule has 2 N–H and O–H groups in total. The molecule has 3 aromatic rings. The number of aromatic nitrogens is 3. The monoisotopic (exact) mass is 375 g/mol. The number of anilines is 2. The zero-order valence-electron chi connectivity index (χ0n) is 16.5. The summed E-state index contributed by atoms with van der Waals surface area (Å²) >= 11 is 0. The molecular formula is C22H25N5O. The lowest BCUT2D eigenvalue weighted by Crippen LogP contribution is -2.12. The van der Waals surface area contributed by atoms with Crippen LogP contribution < -0.4 is 10.6 Å². The molecule has 1 aromatic heterocycles. The highest BCUT2D eigenvalue weighted by molar-refractivity contribution is 6.04. The number of benzene rings is 2. The smallest absolute Gasteiger partial charge is 0.255 e. The minimum absolute atomic E-state index is 0.125. The SMILES string of the molecule is CCc1nnc(NCc2cccc(NC(=O)c3ccc(C)cc3)c2)nc1CC. The van der Waals surface area contributed by atoms with Crippen molar-refractivity contribution < 1.29 is 4.79 Å². The van der Waals surface area contributed by atoms with E-state index in [0.717, 1.165) is 41.0 Å². The average molecular weight is 375 g/mol. The normalized spacial score (nSPS) is 10.5. The Morgan fingerprint density at radius 3 is 2.43 bits per heavy atom. The molecule has 0 saturated heterocycles. The van der Waals surface area contributed by atoms with E-state index in [1.165, 1.54) is 0 Å². The van der Waals surface area contributed by atoms with Gasteiger partial charge in [-0.15, -0.1) is 5.10 Å². The molecule has 0 saturated carbocycles. The minimum Gasteiger partial charge on any atom is -0.349 e. The van der Waals surface area contributed by atoms with Gasteiger partial charge in [-0.1, -0.05) is 43.7 Å². The molecule has 0 aliphatic rings. The maximum atomic E-state index is 12.4. The third-order valence-electron chi connectivity index (χ3n) is 4.46. The van der Waals surface area contributed by atoms with Crippen LogP contribution in [0.4, 0.5) is 11.6 Å². The Kier molecular flexibility index (Phi) is 6.32. The zero-order valence-corrected chi connectivity index (χ0v) is 16.5. The summed E-state index contributed by atoms with van der Waals surface area (Å²) < 4.78 is 0. The van der Waals surface area contributed by atoms with Gasteiger partial charge < -0.3 is 10.6 Å². The third kappa shape index (κ3) is 4.91. The van der Waals surface area contributed by atoms with E-state index < -0.39 is 0 Å². The molecule has 0 spiro atoms. The van der Waals surface area contributed by atoms with Crippen molar-refractivity contribution in [3.8, 4) is 0 Å². The molecule has 144 valence electrons. The van der Waals surface area contributed by atoms with Gasteiger partial charge in [0.05, 0.1) is 11.4 Å². The number of hydrogen-bond donors (Lipinski definition) is 2. The van der Waals surface area contributed by atoms with Crippen LogP contribution in [0.15, 0.2) is 48.5 Å². The molecular weight excluding hydrogens is 350 g/mol. The quantitative estimate of drug-likeness (QED) is 0.648. The van der Waals surface area contributed by atoms with Crippen molar-refractivity contribution in [1.29, 1.82) is 0 Å². The van der Waals surface area contributed by atoms with Gasteiger partial charge in [-0.25, -0.2) is 4.98 Å². The van der Waals surface area contributed by atoms with E-state index >= 15 is 0 Å². The first-order valence-electron chi connectivity index (χ1n) is 9.52. The van der Waals surface area contributed by atoms with Gasteiger partial charge in [-0.3, -0.25) is 4.79 Å². The molecule has 0 aliphatic carbocycles. The van der Waals surface area contributed by atoms with Crippen LogP contribution in [0.3, 0.4) is 0 Å². The molecule has 1 heterocycles. The number of aryl methyl sites for hydroxylation is 3. The Labute approximate surface area is 165 Å². The van der Waals surface area contributed by atoms with Crippen molar-refractivity contribution >= 4 is 17.5 Å². The summed E-state index contributed by atoms with van der Waals surface area (Å²) in [4.78, 5) is 16.9. The van der Waals surface area contributed by atoms with Crippen LogP contribution >= 0.6 is 0 Å². The van der Waals surface area contributed by atoms with E-state index in [9.17, 15) is 4.79 Å². The van der Waals surface area contributed by atoms with E-state index in [-0.39, 0.29) is 5.91 Å². The minimum atomic E-state index is -0.125. The summed E-state index contributed by atoms with van der Waals surface area (Å²) in [5, 5.41) is 14.5. The van der Waals surface area contributed by atoms with E-state index in [1.54, 1.807) is 0 Å². The molecule has 0 atom stereocenters. The number of carbonyl (C=O) groups is 1. The fraction of sp³-hybridized carbons (Fsp3) is 0.273. The lowest BCUT2D eigenvalue weighted by Gasteiger charge is -2.10. The molecule has 2 aromatic carbocycles. The van der Waals surface area contributed by atoms with Gasteiger partial charge in [0.25, 0.3) is 5.91 Å². The lowest BCUT2D eigenvalue weighted by atomic mass is 10.1. The van der Waals surface area contributed by atoms with Gasteiger partial charge in [0.1, 0.15) is 0 Å². The predicted octanol–water partition coefficient (Wildman–Crippen LogP) is 4.17. The second-order valence-electron chi connectivity index (χ2n) is 6.61. The molecule has 3 rings (SSSR count). The van der Waals surface area contributed by atoms with Gasteiger partial charge >= 0.3 is 0 Å². The molecule has 0 unspecified atom stereocenters. The van der Waals surface area contributed by atoms with Gasteiger partial charge in [0.15, 0.2) is 0 Å². The van der Waals surface area contributed by atoms with Crippen LogP contribution in [0.25, 0.3) is 0 Å². The fourth-order valence-corrected chi connectivity index (χ4v) is 2.86. The van der Waals surface area contributed by atoms with Crippen molar-refractivity contribution in [2.45, 2.75) is 40.2 Å². The highest BCUT2D eigenvalue weighted by Gasteiger charge is 2.08. The van der Waals surface area contributed by atoms with E-state index in [1.807, 2.05) is 62.4 Å². The second-order valence-corrected chi connectivity index (χ2v) is 6.61. The van der Waals surface area contributed by atoms with Crippen molar-refractivity contribution in [3.63, 3.8) is 0 Å². The Morgan fingerprint density at radius 2 is 1.71 bits per heavy atom. The number of amides is 1. The van der Waals surface area contributed by atoms with Gasteiger partial charge in [0.2, 0.25) is 5.95 Å². The summed E-state index contributed by atoms with van der Waals surface area (Å²) in [6, 6.07) is 15.2. The molecule has 0 bridgehead atoms. The number of hydrogen-bond acceptors (Lipinski definition) is 5. The lowest BCUT2D eigenvalue weighted by molar-refractivity contribution is 0.102. The molecule has 0 fully saturated rings. The van der Waals surface area contributed by atoms with Crippen LogP contribution in [-0.4, -0.2) is 21.1 Å². The fourth-order valence-electron chi connectivity index (χ4n) is 2.86. The van der Waals surface area contributed by atoms with Crippen molar-refractivity contribution in [2.24, 2.45) is 0 Å². The maximum absolute atomic E-state index is 12.4. The first-order chi connectivity index (χ1) is 13.6. The standard InChI is InChI=1S/C22H25N5O/c1-4-19-20(5-2)26-27-22(25-19)23-14-16-7-6-8-18(13-16)24-21(28)17-11-9-15(3)10-12-17/h6-13H,4-5,14H2,1-3H3,(H,24,28)(H,23,25,27). The summed E-state index contributed by atoms with van der Waals surface area (Å²) in [5.74, 6) is 0.392. The highest BCUT2D eigenvalue weighted by atomic mass is 16.1. The third-order valence-corrected chi connectivity index (χ3v) is 4.46. The Morgan fingerprint density at radius 1 is 0.964 bits per heavy atom. The summed E-state index contributed by atoms with van der Waals surface area (Å²) in [5.41, 5.74) is 5.44. The van der Waals surface area contributed by atoms with Crippen LogP contribution in [-0.2, 0) is 19.4 Å². The summed E-state index contributed by atoms with van der Waals surface area (Å²) in [7, 11) is 0. The van der Waals surface area contributed by atoms with E-state index in [4.69, 9.17) is 0 Å². The van der Waals surface area contributed by atoms with Crippen LogP contribution in [0, 0.1) is 6.92 Å². The van der Waals surface area contributed by atoms with Crippen LogP contribution in [0.5, 0.6) is 0 Å².